The van der Waals surface area contributed by atoms with Crippen molar-refractivity contribution in [3.63, 3.8) is 0 Å². The lowest BCUT2D eigenvalue weighted by molar-refractivity contribution is 0.140. The molecule has 1 rings (SSSR count). The van der Waals surface area contributed by atoms with E-state index in [1.165, 1.54) is 0 Å². The summed E-state index contributed by atoms with van der Waals surface area (Å²) in [7, 11) is 1.61. The van der Waals surface area contributed by atoms with Crippen LogP contribution in [0.25, 0.3) is 0 Å². The summed E-state index contributed by atoms with van der Waals surface area (Å²) in [5.74, 6) is 0.657. The van der Waals surface area contributed by atoms with Crippen molar-refractivity contribution in [2.24, 2.45) is 0 Å². The van der Waals surface area contributed by atoms with Gasteiger partial charge in [-0.2, -0.15) is 0 Å². The van der Waals surface area contributed by atoms with Crippen LogP contribution in [0.4, 0.5) is 5.82 Å². The van der Waals surface area contributed by atoms with Gasteiger partial charge in [0.1, 0.15) is 12.0 Å². The van der Waals surface area contributed by atoms with Crippen LogP contribution >= 0.6 is 11.6 Å². The molecule has 1 aromatic heterocycles. The Kier molecular flexibility index (Phi) is 3.25. The Balaban J connectivity index is 2.63. The van der Waals surface area contributed by atoms with Gasteiger partial charge >= 0.3 is 0 Å². The highest BCUT2D eigenvalue weighted by Crippen LogP contribution is 2.06. The van der Waals surface area contributed by atoms with Crippen molar-refractivity contribution >= 4 is 17.4 Å². The van der Waals surface area contributed by atoms with E-state index in [-0.39, 0.29) is 11.5 Å². The highest BCUT2D eigenvalue weighted by Gasteiger charge is 2.00. The molecule has 0 bridgehead atoms. The number of ether oxygens (including phenoxy) is 1. The molecule has 5 heteroatoms. The molecule has 0 saturated heterocycles. The first-order valence-corrected chi connectivity index (χ1v) is 3.88. The lowest BCUT2D eigenvalue weighted by Crippen LogP contribution is -2.17. The number of halogens is 1. The summed E-state index contributed by atoms with van der Waals surface area (Å²) in [5, 5.41) is 3.20. The van der Waals surface area contributed by atoms with E-state index in [9.17, 15) is 0 Å². The average Bonchev–Trinajstić information content (AvgIpc) is 2.04. The van der Waals surface area contributed by atoms with Crippen LogP contribution in [0.1, 0.15) is 6.92 Å². The molecule has 0 saturated carbocycles. The first-order chi connectivity index (χ1) is 5.72. The van der Waals surface area contributed by atoms with Crippen molar-refractivity contribution < 1.29 is 4.74 Å². The molecule has 0 radical (unpaired) electrons. The molecule has 0 spiro atoms. The van der Waals surface area contributed by atoms with Crippen LogP contribution in [0.15, 0.2) is 12.3 Å². The Hall–Kier alpha value is -0.870. The summed E-state index contributed by atoms with van der Waals surface area (Å²) in [6.45, 7) is 1.87. The summed E-state index contributed by atoms with van der Waals surface area (Å²) < 4.78 is 4.98. The van der Waals surface area contributed by atoms with E-state index in [4.69, 9.17) is 16.3 Å². The number of nitrogens with one attached hydrogen (secondary N) is 1. The fraction of sp³-hybridized carbons (Fsp3) is 0.429. The van der Waals surface area contributed by atoms with Crippen molar-refractivity contribution in [3.8, 4) is 0 Å². The summed E-state index contributed by atoms with van der Waals surface area (Å²) in [4.78, 5) is 7.67. The Labute approximate surface area is 75.9 Å². The average molecular weight is 188 g/mol. The summed E-state index contributed by atoms with van der Waals surface area (Å²) in [6, 6.07) is 1.72. The second-order valence-corrected chi connectivity index (χ2v) is 2.57. The maximum atomic E-state index is 5.57. The van der Waals surface area contributed by atoms with E-state index >= 15 is 0 Å². The third kappa shape index (κ3) is 2.64. The van der Waals surface area contributed by atoms with E-state index in [0.717, 1.165) is 0 Å². The highest BCUT2D eigenvalue weighted by atomic mass is 35.5. The molecule has 12 heavy (non-hydrogen) atoms. The fourth-order valence-corrected chi connectivity index (χ4v) is 0.830. The third-order valence-corrected chi connectivity index (χ3v) is 1.51. The first kappa shape index (κ1) is 9.22. The van der Waals surface area contributed by atoms with Crippen LogP contribution < -0.4 is 5.32 Å². The van der Waals surface area contributed by atoms with Crippen molar-refractivity contribution in [1.82, 2.24) is 9.97 Å². The van der Waals surface area contributed by atoms with Crippen molar-refractivity contribution in [2.45, 2.75) is 13.2 Å². The number of anilines is 1. The number of rotatable bonds is 3. The molecule has 1 heterocycles. The van der Waals surface area contributed by atoms with Crippen LogP contribution in [0, 0.1) is 0 Å². The number of nitrogens with zero attached hydrogens (tertiary/aromatic N) is 2. The van der Waals surface area contributed by atoms with Crippen LogP contribution in [0.2, 0.25) is 5.28 Å². The Morgan fingerprint density at radius 1 is 1.67 bits per heavy atom. The third-order valence-electron chi connectivity index (χ3n) is 1.33. The van der Waals surface area contributed by atoms with E-state index < -0.39 is 0 Å². The number of methoxy groups -OCH3 is 1. The molecule has 1 atom stereocenters. The van der Waals surface area contributed by atoms with Gasteiger partial charge in [0.25, 0.3) is 0 Å². The summed E-state index contributed by atoms with van der Waals surface area (Å²) >= 11 is 5.57. The minimum absolute atomic E-state index is 0.0871. The van der Waals surface area contributed by atoms with Gasteiger partial charge in [0.05, 0.1) is 0 Å². The normalized spacial score (nSPS) is 12.6. The minimum Gasteiger partial charge on any atom is -0.362 e. The fourth-order valence-electron chi connectivity index (χ4n) is 0.682. The first-order valence-electron chi connectivity index (χ1n) is 3.50. The summed E-state index contributed by atoms with van der Waals surface area (Å²) in [6.07, 6.45) is 1.50. The standard InChI is InChI=1S/C7H10ClN3O/c1-5(12-2)10-6-3-4-9-7(8)11-6/h3-5H,1-2H3,(H,9,10,11). The quantitative estimate of drug-likeness (QED) is 0.576. The van der Waals surface area contributed by atoms with Crippen LogP contribution in [-0.4, -0.2) is 23.3 Å². The molecule has 4 nitrogen and oxygen atoms in total. The molecular weight excluding hydrogens is 178 g/mol. The zero-order chi connectivity index (χ0) is 8.97. The van der Waals surface area contributed by atoms with Crippen LogP contribution in [0.3, 0.4) is 0 Å². The van der Waals surface area contributed by atoms with Gasteiger partial charge in [-0.1, -0.05) is 0 Å². The molecular formula is C7H10ClN3O. The molecule has 0 amide bonds. The maximum Gasteiger partial charge on any atom is 0.224 e. The molecule has 1 unspecified atom stereocenters. The largest absolute Gasteiger partial charge is 0.362 e. The molecule has 1 aromatic rings. The number of hydrogen-bond acceptors (Lipinski definition) is 4. The summed E-state index contributed by atoms with van der Waals surface area (Å²) in [5.41, 5.74) is 0. The lowest BCUT2D eigenvalue weighted by atomic mass is 10.5. The Morgan fingerprint density at radius 3 is 3.00 bits per heavy atom. The van der Waals surface area contributed by atoms with Gasteiger partial charge in [0, 0.05) is 13.3 Å². The van der Waals surface area contributed by atoms with Crippen LogP contribution in [0.5, 0.6) is 0 Å². The van der Waals surface area contributed by atoms with Crippen LogP contribution in [-0.2, 0) is 4.74 Å². The van der Waals surface area contributed by atoms with Gasteiger partial charge in [-0.3, -0.25) is 0 Å². The zero-order valence-electron chi connectivity index (χ0n) is 6.91. The molecule has 0 aliphatic heterocycles. The predicted molar refractivity (Wildman–Crippen MR) is 47.1 cm³/mol. The topological polar surface area (TPSA) is 47.0 Å². The number of aromatic nitrogens is 2. The van der Waals surface area contributed by atoms with E-state index in [1.807, 2.05) is 6.92 Å². The Bertz CT molecular complexity index is 256. The maximum absolute atomic E-state index is 5.57. The molecule has 0 aliphatic rings. The minimum atomic E-state index is -0.0871. The van der Waals surface area contributed by atoms with Crippen molar-refractivity contribution in [1.29, 1.82) is 0 Å². The second-order valence-electron chi connectivity index (χ2n) is 2.23. The van der Waals surface area contributed by atoms with E-state index in [2.05, 4.69) is 15.3 Å². The van der Waals surface area contributed by atoms with Gasteiger partial charge in [0.2, 0.25) is 5.28 Å². The van der Waals surface area contributed by atoms with Gasteiger partial charge in [-0.15, -0.1) is 0 Å². The van der Waals surface area contributed by atoms with Crippen molar-refractivity contribution in [3.05, 3.63) is 17.5 Å². The second kappa shape index (κ2) is 4.23. The SMILES string of the molecule is COC(C)Nc1ccnc(Cl)n1. The van der Waals surface area contributed by atoms with Gasteiger partial charge in [-0.25, -0.2) is 9.97 Å². The smallest absolute Gasteiger partial charge is 0.224 e. The zero-order valence-corrected chi connectivity index (χ0v) is 7.67. The highest BCUT2D eigenvalue weighted by molar-refractivity contribution is 6.28. The van der Waals surface area contributed by atoms with E-state index in [0.29, 0.717) is 5.82 Å². The molecule has 66 valence electrons. The van der Waals surface area contributed by atoms with Gasteiger partial charge in [-0.05, 0) is 24.6 Å². The molecule has 0 fully saturated rings. The van der Waals surface area contributed by atoms with Gasteiger partial charge < -0.3 is 10.1 Å². The lowest BCUT2D eigenvalue weighted by Gasteiger charge is -2.11. The predicted octanol–water partition coefficient (Wildman–Crippen LogP) is 1.53. The molecule has 0 aliphatic carbocycles. The van der Waals surface area contributed by atoms with E-state index in [1.54, 1.807) is 19.4 Å². The van der Waals surface area contributed by atoms with Gasteiger partial charge in [0.15, 0.2) is 0 Å². The molecule has 0 aromatic carbocycles. The number of hydrogen-bond donors (Lipinski definition) is 1. The van der Waals surface area contributed by atoms with Crippen molar-refractivity contribution in [2.75, 3.05) is 12.4 Å². The molecule has 1 N–H and O–H groups in total. The Morgan fingerprint density at radius 2 is 2.42 bits per heavy atom. The monoisotopic (exact) mass is 187 g/mol.